The van der Waals surface area contributed by atoms with Gasteiger partial charge in [0.2, 0.25) is 17.2 Å². The summed E-state index contributed by atoms with van der Waals surface area (Å²) in [5, 5.41) is 0.837. The maximum absolute atomic E-state index is 14.2. The Bertz CT molecular complexity index is 1430. The number of nitrogens with zero attached hydrogens (tertiary/aromatic N) is 1. The van der Waals surface area contributed by atoms with E-state index >= 15 is 0 Å². The van der Waals surface area contributed by atoms with Gasteiger partial charge in [-0.05, 0) is 25.0 Å². The number of rotatable bonds is 4. The highest BCUT2D eigenvalue weighted by atomic mass is 35.5. The molecule has 1 aliphatic carbocycles. The second kappa shape index (κ2) is 8.02. The highest BCUT2D eigenvalue weighted by molar-refractivity contribution is 6.36. The third-order valence-corrected chi connectivity index (χ3v) is 7.36. The third-order valence-electron chi connectivity index (χ3n) is 7.00. The van der Waals surface area contributed by atoms with E-state index in [1.165, 1.54) is 20.3 Å². The van der Waals surface area contributed by atoms with Gasteiger partial charge < -0.3 is 23.7 Å². The summed E-state index contributed by atoms with van der Waals surface area (Å²) in [5.74, 6) is 0.217. The van der Waals surface area contributed by atoms with Gasteiger partial charge in [0.05, 0.1) is 39.6 Å². The average molecular weight is 498 g/mol. The quantitative estimate of drug-likeness (QED) is 0.482. The van der Waals surface area contributed by atoms with Gasteiger partial charge in [-0.1, -0.05) is 18.5 Å². The number of ketones is 2. The number of benzene rings is 2. The summed E-state index contributed by atoms with van der Waals surface area (Å²) >= 11 is 6.51. The van der Waals surface area contributed by atoms with Crippen LogP contribution in [0, 0.1) is 12.8 Å². The molecule has 0 bridgehead atoms. The Labute approximate surface area is 207 Å². The van der Waals surface area contributed by atoms with Gasteiger partial charge in [-0.2, -0.15) is 0 Å². The van der Waals surface area contributed by atoms with Gasteiger partial charge >= 0.3 is 0 Å². The molecule has 182 valence electrons. The number of hydrogen-bond donors (Lipinski definition) is 0. The van der Waals surface area contributed by atoms with Crippen LogP contribution < -0.4 is 23.7 Å². The number of ether oxygens (including phenoxy) is 5. The minimum atomic E-state index is -1.78. The molecule has 0 radical (unpaired) electrons. The van der Waals surface area contributed by atoms with Gasteiger partial charge in [0.1, 0.15) is 22.1 Å². The molecule has 5 rings (SSSR count). The van der Waals surface area contributed by atoms with E-state index in [-0.39, 0.29) is 27.8 Å². The standard InChI is InChI=1S/C26H24ClNO7/c1-11-7-15-20(12(2)13-8-16(31-3)17(32-4)9-14(13)28-15)24(29)26(11)25(30)21-18(33-5)10-19(34-6)22(27)23(21)35-26/h8-11H,7H2,1-6H3. The smallest absolute Gasteiger partial charge is 0.236 e. The molecule has 8 nitrogen and oxygen atoms in total. The molecule has 2 unspecified atom stereocenters. The van der Waals surface area contributed by atoms with Gasteiger partial charge in [-0.3, -0.25) is 14.6 Å². The molecule has 1 spiro atoms. The zero-order valence-electron chi connectivity index (χ0n) is 20.2. The number of Topliss-reactive ketones (excluding diaryl/α,β-unsaturated/α-hetero) is 2. The van der Waals surface area contributed by atoms with Crippen LogP contribution in [0.15, 0.2) is 18.2 Å². The molecule has 0 saturated carbocycles. The largest absolute Gasteiger partial charge is 0.496 e. The van der Waals surface area contributed by atoms with E-state index in [0.29, 0.717) is 40.3 Å². The number of carbonyl (C=O) groups is 2. The zero-order valence-corrected chi connectivity index (χ0v) is 21.0. The van der Waals surface area contributed by atoms with Crippen molar-refractivity contribution in [3.63, 3.8) is 0 Å². The molecule has 0 amide bonds. The fraction of sp³-hybridized carbons (Fsp3) is 0.346. The summed E-state index contributed by atoms with van der Waals surface area (Å²) in [6.45, 7) is 3.64. The molecule has 0 fully saturated rings. The van der Waals surface area contributed by atoms with E-state index in [4.69, 9.17) is 40.3 Å². The number of halogens is 1. The topological polar surface area (TPSA) is 93.2 Å². The van der Waals surface area contributed by atoms with Crippen molar-refractivity contribution >= 4 is 34.1 Å². The van der Waals surface area contributed by atoms with E-state index in [0.717, 1.165) is 5.39 Å². The summed E-state index contributed by atoms with van der Waals surface area (Å²) in [7, 11) is 5.98. The monoisotopic (exact) mass is 497 g/mol. The summed E-state index contributed by atoms with van der Waals surface area (Å²) in [5.41, 5.74) is 0.686. The lowest BCUT2D eigenvalue weighted by Crippen LogP contribution is -2.57. The first-order chi connectivity index (χ1) is 16.7. The minimum absolute atomic E-state index is 0.0920. The summed E-state index contributed by atoms with van der Waals surface area (Å²) < 4.78 is 27.9. The number of carbonyl (C=O) groups excluding carboxylic acids is 2. The van der Waals surface area contributed by atoms with Gasteiger partial charge in [-0.25, -0.2) is 0 Å². The van der Waals surface area contributed by atoms with E-state index in [1.807, 2.05) is 6.92 Å². The summed E-state index contributed by atoms with van der Waals surface area (Å²) in [6, 6.07) is 5.09. The van der Waals surface area contributed by atoms with Crippen LogP contribution in [0.25, 0.3) is 10.9 Å². The molecule has 1 aliphatic heterocycles. The van der Waals surface area contributed by atoms with Crippen LogP contribution in [0.4, 0.5) is 0 Å². The molecular weight excluding hydrogens is 474 g/mol. The number of aryl methyl sites for hydroxylation is 1. The van der Waals surface area contributed by atoms with Crippen LogP contribution in [0.2, 0.25) is 5.02 Å². The molecule has 0 saturated heterocycles. The van der Waals surface area contributed by atoms with Crippen LogP contribution >= 0.6 is 11.6 Å². The number of hydrogen-bond acceptors (Lipinski definition) is 8. The molecule has 0 N–H and O–H groups in total. The summed E-state index contributed by atoms with van der Waals surface area (Å²) in [4.78, 5) is 32.9. The van der Waals surface area contributed by atoms with Crippen molar-refractivity contribution in [2.24, 2.45) is 5.92 Å². The predicted octanol–water partition coefficient (Wildman–Crippen LogP) is 4.62. The Kier molecular flexibility index (Phi) is 5.32. The Morgan fingerprint density at radius 2 is 1.51 bits per heavy atom. The van der Waals surface area contributed by atoms with E-state index < -0.39 is 23.1 Å². The van der Waals surface area contributed by atoms with Crippen molar-refractivity contribution in [3.05, 3.63) is 45.6 Å². The van der Waals surface area contributed by atoms with Crippen molar-refractivity contribution in [3.8, 4) is 28.7 Å². The number of methoxy groups -OCH3 is 4. The molecule has 3 aromatic rings. The van der Waals surface area contributed by atoms with E-state index in [1.54, 1.807) is 33.3 Å². The normalized spacial score (nSPS) is 20.5. The van der Waals surface area contributed by atoms with Crippen molar-refractivity contribution in [1.82, 2.24) is 4.98 Å². The lowest BCUT2D eigenvalue weighted by molar-refractivity contribution is 0.0256. The highest BCUT2D eigenvalue weighted by Crippen LogP contribution is 2.54. The van der Waals surface area contributed by atoms with Crippen molar-refractivity contribution < 1.29 is 33.3 Å². The molecule has 9 heteroatoms. The second-order valence-corrected chi connectivity index (χ2v) is 9.06. The van der Waals surface area contributed by atoms with Gasteiger partial charge in [0.25, 0.3) is 0 Å². The third kappa shape index (κ3) is 2.95. The van der Waals surface area contributed by atoms with Gasteiger partial charge in [0, 0.05) is 29.0 Å². The first-order valence-corrected chi connectivity index (χ1v) is 11.4. The van der Waals surface area contributed by atoms with Gasteiger partial charge in [0.15, 0.2) is 17.2 Å². The SMILES string of the molecule is COc1cc2nc3c(c(C)c2cc1OC)C(=O)C1(Oc2c(Cl)c(OC)cc(OC)c2C1=O)C(C)C3. The Balaban J connectivity index is 1.73. The maximum atomic E-state index is 14.2. The Hall–Kier alpha value is -3.52. The van der Waals surface area contributed by atoms with Crippen LogP contribution in [0.1, 0.15) is 38.9 Å². The minimum Gasteiger partial charge on any atom is -0.496 e. The zero-order chi connectivity index (χ0) is 25.2. The van der Waals surface area contributed by atoms with Crippen molar-refractivity contribution in [1.29, 1.82) is 0 Å². The number of pyridine rings is 1. The fourth-order valence-electron chi connectivity index (χ4n) is 5.18. The number of aromatic nitrogens is 1. The molecule has 2 aliphatic rings. The van der Waals surface area contributed by atoms with Crippen molar-refractivity contribution in [2.75, 3.05) is 28.4 Å². The molecule has 2 aromatic carbocycles. The van der Waals surface area contributed by atoms with Crippen LogP contribution in [-0.4, -0.2) is 50.6 Å². The van der Waals surface area contributed by atoms with E-state index in [9.17, 15) is 9.59 Å². The summed E-state index contributed by atoms with van der Waals surface area (Å²) in [6.07, 6.45) is 0.350. The molecular formula is C26H24ClNO7. The molecule has 1 aromatic heterocycles. The Morgan fingerprint density at radius 1 is 0.914 bits per heavy atom. The Morgan fingerprint density at radius 3 is 2.14 bits per heavy atom. The molecule has 2 heterocycles. The molecule has 2 atom stereocenters. The average Bonchev–Trinajstić information content (AvgIpc) is 3.17. The predicted molar refractivity (Wildman–Crippen MR) is 129 cm³/mol. The first-order valence-electron chi connectivity index (χ1n) is 11.0. The van der Waals surface area contributed by atoms with Crippen molar-refractivity contribution in [2.45, 2.75) is 25.9 Å². The lowest BCUT2D eigenvalue weighted by Gasteiger charge is -2.37. The number of fused-ring (bicyclic) bond motifs is 3. The van der Waals surface area contributed by atoms with E-state index in [2.05, 4.69) is 0 Å². The van der Waals surface area contributed by atoms with Crippen LogP contribution in [0.3, 0.4) is 0 Å². The second-order valence-electron chi connectivity index (χ2n) is 8.68. The van der Waals surface area contributed by atoms with Crippen LogP contribution in [0.5, 0.6) is 28.7 Å². The maximum Gasteiger partial charge on any atom is 0.236 e. The highest BCUT2D eigenvalue weighted by Gasteiger charge is 2.62. The molecule has 35 heavy (non-hydrogen) atoms. The fourth-order valence-corrected chi connectivity index (χ4v) is 5.45. The van der Waals surface area contributed by atoms with Gasteiger partial charge in [-0.15, -0.1) is 0 Å². The lowest BCUT2D eigenvalue weighted by atomic mass is 9.70. The van der Waals surface area contributed by atoms with Crippen LogP contribution in [-0.2, 0) is 6.42 Å². The first kappa shape index (κ1) is 23.2.